The molecule has 0 spiro atoms. The molecule has 0 atom stereocenters. The van der Waals surface area contributed by atoms with Gasteiger partial charge in [0, 0.05) is 26.2 Å². The zero-order valence-corrected chi connectivity index (χ0v) is 17.1. The minimum atomic E-state index is -0.222. The molecule has 2 rings (SSSR count). The topological polar surface area (TPSA) is 56.7 Å². The van der Waals surface area contributed by atoms with E-state index in [4.69, 9.17) is 0 Å². The molecular weight excluding hydrogens is 434 g/mol. The number of carbonyl (C=O) groups excluding carboxylic acids is 1. The van der Waals surface area contributed by atoms with Gasteiger partial charge in [0.2, 0.25) is 5.91 Å². The number of nitrogens with one attached hydrogen (secondary N) is 2. The summed E-state index contributed by atoms with van der Waals surface area (Å²) in [4.78, 5) is 18.4. The summed E-state index contributed by atoms with van der Waals surface area (Å²) in [6.07, 6.45) is 4.07. The van der Waals surface area contributed by atoms with Crippen molar-refractivity contribution in [1.82, 2.24) is 15.5 Å². The van der Waals surface area contributed by atoms with Crippen molar-refractivity contribution in [2.24, 2.45) is 4.99 Å². The summed E-state index contributed by atoms with van der Waals surface area (Å²) in [5, 5.41) is 6.33. The second kappa shape index (κ2) is 12.1. The quantitative estimate of drug-likeness (QED) is 0.388. The maximum Gasteiger partial charge on any atom is 0.244 e. The molecule has 1 aromatic rings. The molecule has 2 N–H and O–H groups in total. The maximum atomic E-state index is 13.2. The molecule has 7 heteroatoms. The third-order valence-corrected chi connectivity index (χ3v) is 4.02. The first kappa shape index (κ1) is 21.7. The number of rotatable bonds is 6. The monoisotopic (exact) mass is 462 g/mol. The Morgan fingerprint density at radius 2 is 2.00 bits per heavy atom. The van der Waals surface area contributed by atoms with Crippen LogP contribution in [0.3, 0.4) is 0 Å². The third kappa shape index (κ3) is 8.02. The lowest BCUT2D eigenvalue weighted by Crippen LogP contribution is -2.41. The van der Waals surface area contributed by atoms with Crippen LogP contribution in [0.5, 0.6) is 0 Å². The molecule has 1 amide bonds. The highest BCUT2D eigenvalue weighted by atomic mass is 127. The lowest BCUT2D eigenvalue weighted by atomic mass is 10.1. The van der Waals surface area contributed by atoms with Crippen molar-refractivity contribution in [2.45, 2.75) is 32.6 Å². The lowest BCUT2D eigenvalue weighted by Gasteiger charge is -2.26. The van der Waals surface area contributed by atoms with Gasteiger partial charge in [0.1, 0.15) is 12.4 Å². The minimum Gasteiger partial charge on any atom is -0.357 e. The van der Waals surface area contributed by atoms with E-state index in [1.54, 1.807) is 6.07 Å². The van der Waals surface area contributed by atoms with Gasteiger partial charge < -0.3 is 15.5 Å². The number of guanidine groups is 1. The summed E-state index contributed by atoms with van der Waals surface area (Å²) >= 11 is 0. The Morgan fingerprint density at radius 3 is 2.68 bits per heavy atom. The van der Waals surface area contributed by atoms with E-state index in [-0.39, 0.29) is 42.2 Å². The van der Waals surface area contributed by atoms with Crippen LogP contribution in [-0.4, -0.2) is 49.5 Å². The molecule has 1 saturated heterocycles. The molecule has 1 aliphatic rings. The number of carbonyl (C=O) groups is 1. The first-order valence-corrected chi connectivity index (χ1v) is 8.73. The van der Waals surface area contributed by atoms with Crippen LogP contribution in [0.25, 0.3) is 0 Å². The fourth-order valence-corrected chi connectivity index (χ4v) is 2.75. The molecule has 140 valence electrons. The van der Waals surface area contributed by atoms with Crippen molar-refractivity contribution in [3.05, 3.63) is 35.6 Å². The predicted molar refractivity (Wildman–Crippen MR) is 110 cm³/mol. The van der Waals surface area contributed by atoms with Crippen LogP contribution in [-0.2, 0) is 11.2 Å². The number of halogens is 2. The Balaban J connectivity index is 0.00000312. The van der Waals surface area contributed by atoms with Crippen molar-refractivity contribution in [1.29, 1.82) is 0 Å². The molecule has 0 saturated carbocycles. The Kier molecular flexibility index (Phi) is 10.4. The Bertz CT molecular complexity index is 562. The van der Waals surface area contributed by atoms with Gasteiger partial charge >= 0.3 is 0 Å². The second-order valence-corrected chi connectivity index (χ2v) is 5.94. The molecule has 1 heterocycles. The number of benzene rings is 1. The van der Waals surface area contributed by atoms with E-state index in [0.29, 0.717) is 18.9 Å². The summed E-state index contributed by atoms with van der Waals surface area (Å²) < 4.78 is 13.2. The molecule has 0 aliphatic carbocycles. The molecule has 1 aliphatic heterocycles. The van der Waals surface area contributed by atoms with Gasteiger partial charge in [0.15, 0.2) is 5.96 Å². The van der Waals surface area contributed by atoms with Crippen LogP contribution < -0.4 is 10.6 Å². The van der Waals surface area contributed by atoms with E-state index in [1.165, 1.54) is 18.6 Å². The van der Waals surface area contributed by atoms with Crippen LogP contribution >= 0.6 is 24.0 Å². The number of piperidine rings is 1. The molecule has 25 heavy (non-hydrogen) atoms. The van der Waals surface area contributed by atoms with Gasteiger partial charge in [0.25, 0.3) is 0 Å². The van der Waals surface area contributed by atoms with Crippen molar-refractivity contribution in [3.8, 4) is 0 Å². The van der Waals surface area contributed by atoms with E-state index in [1.807, 2.05) is 17.9 Å². The van der Waals surface area contributed by atoms with Gasteiger partial charge in [0.05, 0.1) is 0 Å². The van der Waals surface area contributed by atoms with Crippen LogP contribution in [0.15, 0.2) is 29.3 Å². The standard InChI is InChI=1S/C18H27FN4O.HI/c1-2-20-18(21-10-9-15-7-6-8-16(19)13-15)22-14-17(24)23-11-4-3-5-12-23;/h6-8,13H,2-5,9-12,14H2,1H3,(H2,20,21,22);1H. The average molecular weight is 462 g/mol. The first-order chi connectivity index (χ1) is 11.7. The number of aliphatic imine (C=N–C) groups is 1. The first-order valence-electron chi connectivity index (χ1n) is 8.73. The summed E-state index contributed by atoms with van der Waals surface area (Å²) in [6, 6.07) is 6.58. The molecule has 0 bridgehead atoms. The zero-order chi connectivity index (χ0) is 17.2. The number of hydrogen-bond donors (Lipinski definition) is 2. The highest BCUT2D eigenvalue weighted by Gasteiger charge is 2.15. The minimum absolute atomic E-state index is 0. The van der Waals surface area contributed by atoms with E-state index < -0.39 is 0 Å². The highest BCUT2D eigenvalue weighted by molar-refractivity contribution is 14.0. The Morgan fingerprint density at radius 1 is 1.24 bits per heavy atom. The van der Waals surface area contributed by atoms with Crippen molar-refractivity contribution >= 4 is 35.8 Å². The van der Waals surface area contributed by atoms with E-state index in [9.17, 15) is 9.18 Å². The van der Waals surface area contributed by atoms with Gasteiger partial charge in [-0.15, -0.1) is 24.0 Å². The fraction of sp³-hybridized carbons (Fsp3) is 0.556. The van der Waals surface area contributed by atoms with Gasteiger partial charge in [-0.1, -0.05) is 12.1 Å². The highest BCUT2D eigenvalue weighted by Crippen LogP contribution is 2.08. The third-order valence-electron chi connectivity index (χ3n) is 4.02. The van der Waals surface area contributed by atoms with Crippen molar-refractivity contribution in [3.63, 3.8) is 0 Å². The van der Waals surface area contributed by atoms with E-state index >= 15 is 0 Å². The predicted octanol–water partition coefficient (Wildman–Crippen LogP) is 2.55. The fourth-order valence-electron chi connectivity index (χ4n) is 2.75. The molecule has 0 aromatic heterocycles. The van der Waals surface area contributed by atoms with E-state index in [2.05, 4.69) is 15.6 Å². The number of nitrogens with zero attached hydrogens (tertiary/aromatic N) is 2. The van der Waals surface area contributed by atoms with Crippen LogP contribution in [0.4, 0.5) is 4.39 Å². The second-order valence-electron chi connectivity index (χ2n) is 5.94. The SMILES string of the molecule is CCNC(=NCC(=O)N1CCCCC1)NCCc1cccc(F)c1.I. The smallest absolute Gasteiger partial charge is 0.244 e. The molecular formula is C18H28FIN4O. The van der Waals surface area contributed by atoms with Crippen LogP contribution in [0.2, 0.25) is 0 Å². The molecule has 1 fully saturated rings. The van der Waals surface area contributed by atoms with Gasteiger partial charge in [-0.05, 0) is 50.3 Å². The Hall–Kier alpha value is -1.38. The summed E-state index contributed by atoms with van der Waals surface area (Å²) in [6.45, 7) is 5.19. The van der Waals surface area contributed by atoms with Gasteiger partial charge in [-0.25, -0.2) is 9.38 Å². The Labute approximate surface area is 166 Å². The van der Waals surface area contributed by atoms with Gasteiger partial charge in [-0.2, -0.15) is 0 Å². The molecule has 5 nitrogen and oxygen atoms in total. The molecule has 1 aromatic carbocycles. The number of likely N-dealkylation sites (tertiary alicyclic amines) is 1. The van der Waals surface area contributed by atoms with Crippen molar-refractivity contribution < 1.29 is 9.18 Å². The number of amides is 1. The maximum absolute atomic E-state index is 13.2. The molecule has 0 radical (unpaired) electrons. The summed E-state index contributed by atoms with van der Waals surface area (Å²) in [5.74, 6) is 0.483. The van der Waals surface area contributed by atoms with Crippen molar-refractivity contribution in [2.75, 3.05) is 32.7 Å². The van der Waals surface area contributed by atoms with Crippen LogP contribution in [0.1, 0.15) is 31.7 Å². The van der Waals surface area contributed by atoms with Gasteiger partial charge in [-0.3, -0.25) is 4.79 Å². The molecule has 0 unspecified atom stereocenters. The summed E-state index contributed by atoms with van der Waals surface area (Å²) in [7, 11) is 0. The zero-order valence-electron chi connectivity index (χ0n) is 14.8. The largest absolute Gasteiger partial charge is 0.357 e. The number of hydrogen-bond acceptors (Lipinski definition) is 2. The van der Waals surface area contributed by atoms with Crippen LogP contribution in [0, 0.1) is 5.82 Å². The lowest BCUT2D eigenvalue weighted by molar-refractivity contribution is -0.130. The summed E-state index contributed by atoms with van der Waals surface area (Å²) in [5.41, 5.74) is 0.933. The van der Waals surface area contributed by atoms with E-state index in [0.717, 1.165) is 38.0 Å². The average Bonchev–Trinajstić information content (AvgIpc) is 2.60. The normalized spacial score (nSPS) is 14.6.